The summed E-state index contributed by atoms with van der Waals surface area (Å²) in [5.74, 6) is -1.77. The number of carboxylic acids is 1. The molecule has 2 heterocycles. The van der Waals surface area contributed by atoms with Gasteiger partial charge in [0.05, 0.1) is 11.4 Å². The minimum Gasteiger partial charge on any atom is -0.477 e. The second kappa shape index (κ2) is 5.49. The molecule has 0 bridgehead atoms. The van der Waals surface area contributed by atoms with Gasteiger partial charge in [-0.3, -0.25) is 9.59 Å². The number of nitrogens with one attached hydrogen (secondary N) is 1. The van der Waals surface area contributed by atoms with Gasteiger partial charge >= 0.3 is 5.97 Å². The van der Waals surface area contributed by atoms with Crippen LogP contribution in [0.5, 0.6) is 0 Å². The third-order valence-electron chi connectivity index (χ3n) is 3.06. The van der Waals surface area contributed by atoms with Gasteiger partial charge in [-0.05, 0) is 30.9 Å². The number of carbonyl (C=O) groups excluding carboxylic acids is 1. The summed E-state index contributed by atoms with van der Waals surface area (Å²) in [6.45, 7) is 3.32. The standard InChI is InChI=1S/C13H13N3O4S/c1-6-7(2)15-16(3)12(18)9(6)11(17)14-8-4-5-21-10(8)13(19)20/h4-5H,1-3H3,(H,14,17)(H,19,20). The molecule has 0 spiro atoms. The summed E-state index contributed by atoms with van der Waals surface area (Å²) in [5.41, 5.74) is 0.650. The van der Waals surface area contributed by atoms with Gasteiger partial charge < -0.3 is 10.4 Å². The van der Waals surface area contributed by atoms with Crippen LogP contribution < -0.4 is 10.9 Å². The normalized spacial score (nSPS) is 10.4. The van der Waals surface area contributed by atoms with Crippen molar-refractivity contribution >= 4 is 28.9 Å². The Bertz CT molecular complexity index is 791. The summed E-state index contributed by atoms with van der Waals surface area (Å²) in [4.78, 5) is 35.4. The Hall–Kier alpha value is -2.48. The third-order valence-corrected chi connectivity index (χ3v) is 3.96. The molecular weight excluding hydrogens is 294 g/mol. The van der Waals surface area contributed by atoms with Gasteiger partial charge in [0.1, 0.15) is 10.4 Å². The molecule has 0 aromatic carbocycles. The lowest BCUT2D eigenvalue weighted by molar-refractivity contribution is 0.0703. The Kier molecular flexibility index (Phi) is 3.90. The maximum absolute atomic E-state index is 12.3. The number of aromatic nitrogens is 2. The van der Waals surface area contributed by atoms with E-state index in [1.165, 1.54) is 13.1 Å². The molecule has 0 aliphatic heterocycles. The Morgan fingerprint density at radius 1 is 1.38 bits per heavy atom. The van der Waals surface area contributed by atoms with Crippen LogP contribution in [0.15, 0.2) is 16.2 Å². The minimum absolute atomic E-state index is 0.0172. The van der Waals surface area contributed by atoms with Crippen LogP contribution in [0, 0.1) is 13.8 Å². The molecule has 2 aromatic rings. The Balaban J connectivity index is 2.45. The summed E-state index contributed by atoms with van der Waals surface area (Å²) < 4.78 is 1.09. The van der Waals surface area contributed by atoms with E-state index in [1.807, 2.05) is 0 Å². The number of carboxylic acid groups (broad SMARTS) is 1. The van der Waals surface area contributed by atoms with E-state index >= 15 is 0 Å². The van der Waals surface area contributed by atoms with E-state index in [1.54, 1.807) is 19.2 Å². The maximum atomic E-state index is 12.3. The lowest BCUT2D eigenvalue weighted by Gasteiger charge is -2.10. The van der Waals surface area contributed by atoms with Crippen LogP contribution >= 0.6 is 11.3 Å². The van der Waals surface area contributed by atoms with Gasteiger partial charge in [0.15, 0.2) is 0 Å². The van der Waals surface area contributed by atoms with E-state index in [2.05, 4.69) is 10.4 Å². The zero-order valence-corrected chi connectivity index (χ0v) is 12.4. The Morgan fingerprint density at radius 2 is 2.05 bits per heavy atom. The number of anilines is 1. The highest BCUT2D eigenvalue weighted by atomic mass is 32.1. The fourth-order valence-corrected chi connectivity index (χ4v) is 2.56. The molecule has 2 aromatic heterocycles. The van der Waals surface area contributed by atoms with Crippen molar-refractivity contribution in [2.24, 2.45) is 7.05 Å². The molecule has 0 aliphatic rings. The number of thiophene rings is 1. The van der Waals surface area contributed by atoms with Crippen LogP contribution in [0.3, 0.4) is 0 Å². The van der Waals surface area contributed by atoms with Gasteiger partial charge in [-0.25, -0.2) is 9.48 Å². The van der Waals surface area contributed by atoms with Crippen molar-refractivity contribution in [1.29, 1.82) is 0 Å². The monoisotopic (exact) mass is 307 g/mol. The van der Waals surface area contributed by atoms with E-state index in [-0.39, 0.29) is 16.1 Å². The lowest BCUT2D eigenvalue weighted by atomic mass is 10.1. The second-order valence-electron chi connectivity index (χ2n) is 4.44. The number of aromatic carboxylic acids is 1. The quantitative estimate of drug-likeness (QED) is 0.892. The maximum Gasteiger partial charge on any atom is 0.348 e. The molecule has 110 valence electrons. The molecule has 0 aliphatic carbocycles. The SMILES string of the molecule is Cc1nn(C)c(=O)c(C(=O)Nc2ccsc2C(=O)O)c1C. The highest BCUT2D eigenvalue weighted by Gasteiger charge is 2.20. The molecule has 21 heavy (non-hydrogen) atoms. The zero-order chi connectivity index (χ0) is 15.7. The van der Waals surface area contributed by atoms with Gasteiger partial charge in [0, 0.05) is 7.05 Å². The van der Waals surface area contributed by atoms with Gasteiger partial charge in [-0.15, -0.1) is 11.3 Å². The first-order valence-electron chi connectivity index (χ1n) is 5.99. The number of carbonyl (C=O) groups is 2. The smallest absolute Gasteiger partial charge is 0.348 e. The van der Waals surface area contributed by atoms with Gasteiger partial charge in [0.2, 0.25) is 0 Å². The predicted octanol–water partition coefficient (Wildman–Crippen LogP) is 1.41. The number of nitrogens with zero attached hydrogens (tertiary/aromatic N) is 2. The van der Waals surface area contributed by atoms with Crippen LogP contribution in [0.25, 0.3) is 0 Å². The minimum atomic E-state index is -1.13. The first kappa shape index (κ1) is 14.9. The first-order valence-corrected chi connectivity index (χ1v) is 6.87. The van der Waals surface area contributed by atoms with Crippen molar-refractivity contribution < 1.29 is 14.7 Å². The highest BCUT2D eigenvalue weighted by molar-refractivity contribution is 7.12. The summed E-state index contributed by atoms with van der Waals surface area (Å²) >= 11 is 1.000. The van der Waals surface area contributed by atoms with E-state index < -0.39 is 17.4 Å². The molecule has 0 saturated carbocycles. The summed E-state index contributed by atoms with van der Waals surface area (Å²) in [6.07, 6.45) is 0. The van der Waals surface area contributed by atoms with Gasteiger partial charge in [-0.2, -0.15) is 5.10 Å². The van der Waals surface area contributed by atoms with E-state index in [0.717, 1.165) is 16.0 Å². The number of rotatable bonds is 3. The molecule has 0 fully saturated rings. The zero-order valence-electron chi connectivity index (χ0n) is 11.6. The van der Waals surface area contributed by atoms with E-state index in [9.17, 15) is 14.4 Å². The van der Waals surface area contributed by atoms with Gasteiger partial charge in [-0.1, -0.05) is 0 Å². The molecule has 0 unspecified atom stereocenters. The molecule has 0 radical (unpaired) electrons. The van der Waals surface area contributed by atoms with Gasteiger partial charge in [0.25, 0.3) is 11.5 Å². The second-order valence-corrected chi connectivity index (χ2v) is 5.35. The van der Waals surface area contributed by atoms with Crippen LogP contribution in [0.4, 0.5) is 5.69 Å². The molecule has 0 atom stereocenters. The lowest BCUT2D eigenvalue weighted by Crippen LogP contribution is -2.31. The molecule has 1 amide bonds. The predicted molar refractivity (Wildman–Crippen MR) is 78.2 cm³/mol. The van der Waals surface area contributed by atoms with E-state index in [0.29, 0.717) is 11.3 Å². The van der Waals surface area contributed by atoms with Crippen molar-refractivity contribution in [3.63, 3.8) is 0 Å². The molecule has 8 heteroatoms. The molecular formula is C13H13N3O4S. The van der Waals surface area contributed by atoms with Crippen molar-refractivity contribution in [2.75, 3.05) is 5.32 Å². The molecule has 2 N–H and O–H groups in total. The first-order chi connectivity index (χ1) is 9.82. The van der Waals surface area contributed by atoms with Crippen molar-refractivity contribution in [3.05, 3.63) is 43.5 Å². The third kappa shape index (κ3) is 2.70. The summed E-state index contributed by atoms with van der Waals surface area (Å²) in [6, 6.07) is 1.49. The number of aryl methyl sites for hydroxylation is 2. The highest BCUT2D eigenvalue weighted by Crippen LogP contribution is 2.22. The Morgan fingerprint density at radius 3 is 2.67 bits per heavy atom. The van der Waals surface area contributed by atoms with Crippen LogP contribution in [0.1, 0.15) is 31.3 Å². The topological polar surface area (TPSA) is 101 Å². The van der Waals surface area contributed by atoms with Crippen molar-refractivity contribution in [2.45, 2.75) is 13.8 Å². The summed E-state index contributed by atoms with van der Waals surface area (Å²) in [7, 11) is 1.46. The number of amides is 1. The average molecular weight is 307 g/mol. The van der Waals surface area contributed by atoms with E-state index in [4.69, 9.17) is 5.11 Å². The van der Waals surface area contributed by atoms with Crippen LogP contribution in [-0.2, 0) is 7.05 Å². The van der Waals surface area contributed by atoms with Crippen molar-refractivity contribution in [1.82, 2.24) is 9.78 Å². The van der Waals surface area contributed by atoms with Crippen LogP contribution in [0.2, 0.25) is 0 Å². The molecule has 2 rings (SSSR count). The summed E-state index contributed by atoms with van der Waals surface area (Å²) in [5, 5.41) is 17.0. The number of hydrogen-bond donors (Lipinski definition) is 2. The number of hydrogen-bond acceptors (Lipinski definition) is 5. The fourth-order valence-electron chi connectivity index (χ4n) is 1.87. The fraction of sp³-hybridized carbons (Fsp3) is 0.231. The molecule has 7 nitrogen and oxygen atoms in total. The average Bonchev–Trinajstić information content (AvgIpc) is 2.85. The van der Waals surface area contributed by atoms with Crippen LogP contribution in [-0.4, -0.2) is 26.8 Å². The van der Waals surface area contributed by atoms with Crippen molar-refractivity contribution in [3.8, 4) is 0 Å². The largest absolute Gasteiger partial charge is 0.477 e. The Labute approximate surface area is 123 Å². The molecule has 0 saturated heterocycles.